The number of rotatable bonds is 6. The summed E-state index contributed by atoms with van der Waals surface area (Å²) in [6, 6.07) is 9.98. The normalized spacial score (nSPS) is 15.5. The number of hydrogen-bond donors (Lipinski definition) is 0. The first-order valence-corrected chi connectivity index (χ1v) is 12.7. The molecule has 11 heteroatoms. The number of amides is 1. The Kier molecular flexibility index (Phi) is 6.70. The number of morpholine rings is 1. The maximum absolute atomic E-state index is 13.2. The number of hydrogen-bond acceptors (Lipinski definition) is 7. The third-order valence-electron chi connectivity index (χ3n) is 4.97. The fraction of sp³-hybridized carbons (Fsp3) is 0.350. The van der Waals surface area contributed by atoms with Gasteiger partial charge in [0.05, 0.1) is 35.7 Å². The van der Waals surface area contributed by atoms with Gasteiger partial charge in [0, 0.05) is 32.1 Å². The van der Waals surface area contributed by atoms with Crippen molar-refractivity contribution in [2.24, 2.45) is 0 Å². The van der Waals surface area contributed by atoms with Gasteiger partial charge in [-0.3, -0.25) is 4.79 Å². The molecule has 1 heterocycles. The molecule has 1 aliphatic rings. The van der Waals surface area contributed by atoms with Crippen LogP contribution in [0.4, 0.5) is 5.69 Å². The summed E-state index contributed by atoms with van der Waals surface area (Å²) in [5.41, 5.74) is 0.521. The number of sulfone groups is 1. The van der Waals surface area contributed by atoms with E-state index in [4.69, 9.17) is 9.47 Å². The standard InChI is InChI=1S/C20H24N2O7S2/c1-21(15-4-6-16(7-5-15)30(3,24)25)20(23)18-14-17(8-9-19(18)28-2)31(26,27)22-10-12-29-13-11-22/h4-9,14H,10-13H2,1-3H3. The minimum atomic E-state index is -3.80. The van der Waals surface area contributed by atoms with Crippen molar-refractivity contribution in [1.82, 2.24) is 4.31 Å². The Morgan fingerprint density at radius 1 is 1.00 bits per heavy atom. The first-order valence-electron chi connectivity index (χ1n) is 9.40. The molecule has 0 saturated carbocycles. The quantitative estimate of drug-likeness (QED) is 0.630. The Morgan fingerprint density at radius 3 is 2.13 bits per heavy atom. The van der Waals surface area contributed by atoms with Gasteiger partial charge in [0.2, 0.25) is 10.0 Å². The van der Waals surface area contributed by atoms with Gasteiger partial charge in [-0.15, -0.1) is 0 Å². The van der Waals surface area contributed by atoms with E-state index in [-0.39, 0.29) is 34.2 Å². The summed E-state index contributed by atoms with van der Waals surface area (Å²) in [4.78, 5) is 14.6. The van der Waals surface area contributed by atoms with Gasteiger partial charge in [-0.2, -0.15) is 4.31 Å². The molecule has 168 valence electrons. The summed E-state index contributed by atoms with van der Waals surface area (Å²) in [6.07, 6.45) is 1.10. The molecular weight excluding hydrogens is 444 g/mol. The first-order chi connectivity index (χ1) is 14.6. The SMILES string of the molecule is COc1ccc(S(=O)(=O)N2CCOCC2)cc1C(=O)N(C)c1ccc(S(C)(=O)=O)cc1. The summed E-state index contributed by atoms with van der Waals surface area (Å²) >= 11 is 0. The van der Waals surface area contributed by atoms with Gasteiger partial charge < -0.3 is 14.4 Å². The summed E-state index contributed by atoms with van der Waals surface area (Å²) in [5.74, 6) is -0.270. The van der Waals surface area contributed by atoms with Crippen LogP contribution in [0, 0.1) is 0 Å². The summed E-state index contributed by atoms with van der Waals surface area (Å²) in [7, 11) is -4.25. The highest BCUT2D eigenvalue weighted by atomic mass is 32.2. The lowest BCUT2D eigenvalue weighted by Gasteiger charge is -2.26. The van der Waals surface area contributed by atoms with Crippen molar-refractivity contribution >= 4 is 31.5 Å². The van der Waals surface area contributed by atoms with Gasteiger partial charge in [-0.25, -0.2) is 16.8 Å². The minimum Gasteiger partial charge on any atom is -0.496 e. The summed E-state index contributed by atoms with van der Waals surface area (Å²) in [5, 5.41) is 0. The highest BCUT2D eigenvalue weighted by Gasteiger charge is 2.28. The zero-order valence-electron chi connectivity index (χ0n) is 17.4. The van der Waals surface area contributed by atoms with E-state index in [9.17, 15) is 21.6 Å². The monoisotopic (exact) mass is 468 g/mol. The Balaban J connectivity index is 1.95. The summed E-state index contributed by atoms with van der Waals surface area (Å²) in [6.45, 7) is 1.11. The van der Waals surface area contributed by atoms with Crippen LogP contribution >= 0.6 is 0 Å². The predicted molar refractivity (Wildman–Crippen MR) is 115 cm³/mol. The third-order valence-corrected chi connectivity index (χ3v) is 7.99. The van der Waals surface area contributed by atoms with Crippen molar-refractivity contribution in [3.8, 4) is 5.75 Å². The van der Waals surface area contributed by atoms with Gasteiger partial charge >= 0.3 is 0 Å². The number of nitrogens with zero attached hydrogens (tertiary/aromatic N) is 2. The Morgan fingerprint density at radius 2 is 1.58 bits per heavy atom. The Hall–Kier alpha value is -2.47. The van der Waals surface area contributed by atoms with E-state index in [1.165, 1.54) is 65.8 Å². The zero-order chi connectivity index (χ0) is 22.8. The van der Waals surface area contributed by atoms with Gasteiger partial charge in [0.15, 0.2) is 9.84 Å². The average molecular weight is 469 g/mol. The van der Waals surface area contributed by atoms with E-state index >= 15 is 0 Å². The van der Waals surface area contributed by atoms with Crippen molar-refractivity contribution < 1.29 is 31.1 Å². The molecule has 0 unspecified atom stereocenters. The number of carbonyl (C=O) groups is 1. The third kappa shape index (κ3) is 4.90. The number of methoxy groups -OCH3 is 1. The molecule has 0 N–H and O–H groups in total. The highest BCUT2D eigenvalue weighted by molar-refractivity contribution is 7.90. The number of carbonyl (C=O) groups excluding carboxylic acids is 1. The Labute approximate surface area is 182 Å². The lowest BCUT2D eigenvalue weighted by molar-refractivity contribution is 0.0730. The largest absolute Gasteiger partial charge is 0.496 e. The van der Waals surface area contributed by atoms with Gasteiger partial charge in [-0.1, -0.05) is 0 Å². The van der Waals surface area contributed by atoms with Crippen LogP contribution in [0.3, 0.4) is 0 Å². The van der Waals surface area contributed by atoms with E-state index < -0.39 is 25.8 Å². The number of sulfonamides is 1. The topological polar surface area (TPSA) is 110 Å². The van der Waals surface area contributed by atoms with Crippen LogP contribution in [0.15, 0.2) is 52.3 Å². The van der Waals surface area contributed by atoms with Crippen LogP contribution < -0.4 is 9.64 Å². The van der Waals surface area contributed by atoms with Crippen molar-refractivity contribution in [1.29, 1.82) is 0 Å². The fourth-order valence-corrected chi connectivity index (χ4v) is 5.23. The van der Waals surface area contributed by atoms with E-state index in [0.717, 1.165) is 6.26 Å². The number of benzene rings is 2. The maximum Gasteiger partial charge on any atom is 0.261 e. The van der Waals surface area contributed by atoms with Gasteiger partial charge in [-0.05, 0) is 42.5 Å². The molecule has 9 nitrogen and oxygen atoms in total. The van der Waals surface area contributed by atoms with Crippen LogP contribution in [0.1, 0.15) is 10.4 Å². The second-order valence-electron chi connectivity index (χ2n) is 7.01. The highest BCUT2D eigenvalue weighted by Crippen LogP contribution is 2.28. The molecule has 0 aliphatic carbocycles. The van der Waals surface area contributed by atoms with Gasteiger partial charge in [0.25, 0.3) is 5.91 Å². The van der Waals surface area contributed by atoms with Crippen molar-refractivity contribution in [3.63, 3.8) is 0 Å². The zero-order valence-corrected chi connectivity index (χ0v) is 19.1. The first kappa shape index (κ1) is 23.2. The van der Waals surface area contributed by atoms with E-state index in [0.29, 0.717) is 18.9 Å². The molecule has 0 aromatic heterocycles. The Bertz CT molecular complexity index is 1170. The predicted octanol–water partition coefficient (Wildman–Crippen LogP) is 1.40. The maximum atomic E-state index is 13.2. The molecule has 1 fully saturated rings. The average Bonchev–Trinajstić information content (AvgIpc) is 2.77. The molecule has 0 spiro atoms. The molecule has 1 aliphatic heterocycles. The van der Waals surface area contributed by atoms with Crippen LogP contribution in [0.25, 0.3) is 0 Å². The molecule has 31 heavy (non-hydrogen) atoms. The molecule has 1 saturated heterocycles. The smallest absolute Gasteiger partial charge is 0.261 e. The van der Waals surface area contributed by atoms with Crippen LogP contribution in [0.2, 0.25) is 0 Å². The second-order valence-corrected chi connectivity index (χ2v) is 11.0. The summed E-state index contributed by atoms with van der Waals surface area (Å²) < 4.78 is 61.1. The van der Waals surface area contributed by atoms with Crippen molar-refractivity contribution in [3.05, 3.63) is 48.0 Å². The molecular formula is C20H24N2O7S2. The number of ether oxygens (including phenoxy) is 2. The van der Waals surface area contributed by atoms with Crippen LogP contribution in [-0.2, 0) is 24.6 Å². The van der Waals surface area contributed by atoms with Crippen LogP contribution in [0.5, 0.6) is 5.75 Å². The molecule has 0 bridgehead atoms. The molecule has 0 atom stereocenters. The van der Waals surface area contributed by atoms with E-state index in [2.05, 4.69) is 0 Å². The minimum absolute atomic E-state index is 0.0145. The molecule has 2 aromatic carbocycles. The van der Waals surface area contributed by atoms with Crippen molar-refractivity contribution in [2.45, 2.75) is 9.79 Å². The van der Waals surface area contributed by atoms with Crippen LogP contribution in [-0.4, -0.2) is 73.8 Å². The fourth-order valence-electron chi connectivity index (χ4n) is 3.17. The molecule has 1 amide bonds. The second kappa shape index (κ2) is 8.95. The lowest BCUT2D eigenvalue weighted by atomic mass is 10.1. The lowest BCUT2D eigenvalue weighted by Crippen LogP contribution is -2.40. The van der Waals surface area contributed by atoms with E-state index in [1.807, 2.05) is 0 Å². The van der Waals surface area contributed by atoms with Crippen molar-refractivity contribution in [2.75, 3.05) is 51.6 Å². The molecule has 2 aromatic rings. The number of anilines is 1. The molecule has 0 radical (unpaired) electrons. The molecule has 3 rings (SSSR count). The van der Waals surface area contributed by atoms with E-state index in [1.54, 1.807) is 0 Å². The van der Waals surface area contributed by atoms with Gasteiger partial charge in [0.1, 0.15) is 5.75 Å².